The van der Waals surface area contributed by atoms with Gasteiger partial charge in [-0.3, -0.25) is 4.79 Å². The summed E-state index contributed by atoms with van der Waals surface area (Å²) in [7, 11) is -0.726. The van der Waals surface area contributed by atoms with Crippen LogP contribution in [0.1, 0.15) is 43.7 Å². The van der Waals surface area contributed by atoms with Crippen molar-refractivity contribution in [2.75, 3.05) is 0 Å². The standard InChI is InChI=1S/C13H16BN3O3/c1-12(2)13(3,4)20-14(19-12)9-5-10(11(16)18)17-7-8(9)6-15/h5,7H,1-4H3,(H2,16,18). The summed E-state index contributed by atoms with van der Waals surface area (Å²) in [5.74, 6) is -0.660. The normalized spacial score (nSPS) is 19.6. The van der Waals surface area contributed by atoms with Crippen LogP contribution in [-0.4, -0.2) is 29.2 Å². The second kappa shape index (κ2) is 4.58. The van der Waals surface area contributed by atoms with E-state index in [0.717, 1.165) is 0 Å². The SMILES string of the molecule is CC1(C)OB(c2cc(C(N)=O)ncc2C#N)OC1(C)C. The first-order valence-corrected chi connectivity index (χ1v) is 6.23. The van der Waals surface area contributed by atoms with Crippen LogP contribution in [0.5, 0.6) is 0 Å². The average molecular weight is 273 g/mol. The van der Waals surface area contributed by atoms with E-state index in [1.807, 2.05) is 33.8 Å². The van der Waals surface area contributed by atoms with Gasteiger partial charge in [0.1, 0.15) is 11.8 Å². The van der Waals surface area contributed by atoms with Crippen LogP contribution < -0.4 is 11.2 Å². The van der Waals surface area contributed by atoms with Crippen LogP contribution in [0.3, 0.4) is 0 Å². The fourth-order valence-electron chi connectivity index (χ4n) is 1.86. The first-order chi connectivity index (χ1) is 9.18. The number of carbonyl (C=O) groups is 1. The number of primary amides is 1. The maximum absolute atomic E-state index is 11.2. The molecule has 2 N–H and O–H groups in total. The lowest BCUT2D eigenvalue weighted by atomic mass is 9.76. The molecule has 7 heteroatoms. The van der Waals surface area contributed by atoms with E-state index in [1.54, 1.807) is 0 Å². The van der Waals surface area contributed by atoms with Gasteiger partial charge in [0.2, 0.25) is 0 Å². The number of hydrogen-bond donors (Lipinski definition) is 1. The highest BCUT2D eigenvalue weighted by Gasteiger charge is 2.52. The molecule has 1 aromatic heterocycles. The molecule has 1 fully saturated rings. The van der Waals surface area contributed by atoms with Crippen molar-refractivity contribution < 1.29 is 14.1 Å². The van der Waals surface area contributed by atoms with Gasteiger partial charge in [0.15, 0.2) is 0 Å². The quantitative estimate of drug-likeness (QED) is 0.784. The summed E-state index contributed by atoms with van der Waals surface area (Å²) >= 11 is 0. The summed E-state index contributed by atoms with van der Waals surface area (Å²) in [5.41, 5.74) is 5.00. The zero-order valence-corrected chi connectivity index (χ0v) is 11.9. The minimum Gasteiger partial charge on any atom is -0.399 e. The number of carbonyl (C=O) groups excluding carboxylic acids is 1. The van der Waals surface area contributed by atoms with Crippen LogP contribution in [0.25, 0.3) is 0 Å². The molecule has 1 aliphatic heterocycles. The molecule has 2 rings (SSSR count). The number of nitriles is 1. The molecular weight excluding hydrogens is 257 g/mol. The summed E-state index contributed by atoms with van der Waals surface area (Å²) in [4.78, 5) is 15.1. The van der Waals surface area contributed by atoms with Crippen molar-refractivity contribution in [3.63, 3.8) is 0 Å². The van der Waals surface area contributed by atoms with Crippen molar-refractivity contribution >= 4 is 18.5 Å². The Hall–Kier alpha value is -1.91. The predicted octanol–water partition coefficient (Wildman–Crippen LogP) is 0.351. The number of rotatable bonds is 2. The van der Waals surface area contributed by atoms with Gasteiger partial charge in [-0.05, 0) is 33.8 Å². The molecule has 0 aromatic carbocycles. The van der Waals surface area contributed by atoms with Gasteiger partial charge in [-0.1, -0.05) is 0 Å². The van der Waals surface area contributed by atoms with Gasteiger partial charge < -0.3 is 15.0 Å². The van der Waals surface area contributed by atoms with Crippen molar-refractivity contribution in [3.05, 3.63) is 23.5 Å². The Morgan fingerprint density at radius 3 is 2.35 bits per heavy atom. The fraction of sp³-hybridized carbons (Fsp3) is 0.462. The molecule has 1 amide bonds. The Morgan fingerprint density at radius 2 is 1.90 bits per heavy atom. The Morgan fingerprint density at radius 1 is 1.35 bits per heavy atom. The monoisotopic (exact) mass is 273 g/mol. The highest BCUT2D eigenvalue weighted by Crippen LogP contribution is 2.36. The molecule has 6 nitrogen and oxygen atoms in total. The van der Waals surface area contributed by atoms with E-state index in [2.05, 4.69) is 4.98 Å². The van der Waals surface area contributed by atoms with Gasteiger partial charge in [0.05, 0.1) is 16.8 Å². The van der Waals surface area contributed by atoms with E-state index in [1.165, 1.54) is 12.3 Å². The van der Waals surface area contributed by atoms with Crippen LogP contribution in [0.2, 0.25) is 0 Å². The number of aromatic nitrogens is 1. The van der Waals surface area contributed by atoms with Crippen molar-refractivity contribution in [1.29, 1.82) is 5.26 Å². The van der Waals surface area contributed by atoms with E-state index >= 15 is 0 Å². The molecule has 1 aliphatic rings. The zero-order chi connectivity index (χ0) is 15.1. The van der Waals surface area contributed by atoms with Gasteiger partial charge >= 0.3 is 7.12 Å². The molecule has 20 heavy (non-hydrogen) atoms. The Labute approximate surface area is 118 Å². The third-order valence-corrected chi connectivity index (χ3v) is 3.82. The minimum absolute atomic E-state index is 0.0775. The van der Waals surface area contributed by atoms with E-state index in [9.17, 15) is 4.79 Å². The highest BCUT2D eigenvalue weighted by molar-refractivity contribution is 6.63. The molecule has 2 heterocycles. The van der Waals surface area contributed by atoms with Crippen LogP contribution >= 0.6 is 0 Å². The summed E-state index contributed by atoms with van der Waals surface area (Å²) in [6.07, 6.45) is 1.31. The lowest BCUT2D eigenvalue weighted by molar-refractivity contribution is 0.00578. The van der Waals surface area contributed by atoms with E-state index in [4.69, 9.17) is 20.3 Å². The molecule has 0 saturated carbocycles. The third-order valence-electron chi connectivity index (χ3n) is 3.82. The van der Waals surface area contributed by atoms with Crippen molar-refractivity contribution in [2.24, 2.45) is 5.73 Å². The topological polar surface area (TPSA) is 98.2 Å². The number of pyridine rings is 1. The molecule has 1 saturated heterocycles. The molecule has 0 spiro atoms. The molecule has 0 aliphatic carbocycles. The van der Waals surface area contributed by atoms with Gasteiger partial charge in [-0.15, -0.1) is 0 Å². The van der Waals surface area contributed by atoms with Crippen LogP contribution in [0, 0.1) is 11.3 Å². The lowest BCUT2D eigenvalue weighted by Crippen LogP contribution is -2.41. The Bertz CT molecular complexity index is 591. The van der Waals surface area contributed by atoms with Gasteiger partial charge in [0, 0.05) is 11.7 Å². The number of hydrogen-bond acceptors (Lipinski definition) is 5. The molecule has 1 aromatic rings. The second-order valence-corrected chi connectivity index (χ2v) is 5.72. The minimum atomic E-state index is -0.726. The lowest BCUT2D eigenvalue weighted by Gasteiger charge is -2.32. The molecular formula is C13H16BN3O3. The van der Waals surface area contributed by atoms with Gasteiger partial charge in [-0.2, -0.15) is 5.26 Å². The summed E-state index contributed by atoms with van der Waals surface area (Å²) in [6.45, 7) is 7.65. The van der Waals surface area contributed by atoms with E-state index in [0.29, 0.717) is 11.0 Å². The molecule has 0 bridgehead atoms. The van der Waals surface area contributed by atoms with E-state index < -0.39 is 24.2 Å². The fourth-order valence-corrected chi connectivity index (χ4v) is 1.86. The van der Waals surface area contributed by atoms with Gasteiger partial charge in [-0.25, -0.2) is 4.98 Å². The predicted molar refractivity (Wildman–Crippen MR) is 73.2 cm³/mol. The van der Waals surface area contributed by atoms with Crippen LogP contribution in [0.4, 0.5) is 0 Å². The zero-order valence-electron chi connectivity index (χ0n) is 11.9. The largest absolute Gasteiger partial charge is 0.496 e. The molecule has 0 atom stereocenters. The van der Waals surface area contributed by atoms with Gasteiger partial charge in [0.25, 0.3) is 5.91 Å². The maximum Gasteiger partial charge on any atom is 0.496 e. The Balaban J connectivity index is 2.46. The average Bonchev–Trinajstić information content (AvgIpc) is 2.57. The number of nitrogens with two attached hydrogens (primary N) is 1. The maximum atomic E-state index is 11.2. The number of nitrogens with zero attached hydrogens (tertiary/aromatic N) is 2. The first-order valence-electron chi connectivity index (χ1n) is 6.23. The Kier molecular flexibility index (Phi) is 3.32. The highest BCUT2D eigenvalue weighted by atomic mass is 16.7. The number of amides is 1. The summed E-state index contributed by atoms with van der Waals surface area (Å²) < 4.78 is 11.7. The van der Waals surface area contributed by atoms with E-state index in [-0.39, 0.29) is 5.69 Å². The van der Waals surface area contributed by atoms with Crippen molar-refractivity contribution in [3.8, 4) is 6.07 Å². The molecule has 0 unspecified atom stereocenters. The smallest absolute Gasteiger partial charge is 0.399 e. The first kappa shape index (κ1) is 14.5. The third kappa shape index (κ3) is 2.28. The van der Waals surface area contributed by atoms with Crippen LogP contribution in [0.15, 0.2) is 12.3 Å². The van der Waals surface area contributed by atoms with Crippen molar-refractivity contribution in [1.82, 2.24) is 4.98 Å². The summed E-state index contributed by atoms with van der Waals surface area (Å²) in [5, 5.41) is 9.15. The molecule has 104 valence electrons. The molecule has 0 radical (unpaired) electrons. The summed E-state index contributed by atoms with van der Waals surface area (Å²) in [6, 6.07) is 3.47. The van der Waals surface area contributed by atoms with Crippen LogP contribution in [-0.2, 0) is 9.31 Å². The second-order valence-electron chi connectivity index (χ2n) is 5.72. The van der Waals surface area contributed by atoms with Crippen molar-refractivity contribution in [2.45, 2.75) is 38.9 Å².